The van der Waals surface area contributed by atoms with Gasteiger partial charge in [-0.05, 0) is 17.7 Å². The molecule has 1 fully saturated rings. The van der Waals surface area contributed by atoms with Crippen molar-refractivity contribution in [1.82, 2.24) is 0 Å². The van der Waals surface area contributed by atoms with Crippen LogP contribution in [0.5, 0.6) is 0 Å². The molecule has 1 aromatic carbocycles. The molecule has 1 aromatic rings. The van der Waals surface area contributed by atoms with E-state index in [-0.39, 0.29) is 11.7 Å². The predicted octanol–water partition coefficient (Wildman–Crippen LogP) is 1.21. The number of hydrogen-bond acceptors (Lipinski definition) is 3. The molecule has 1 heterocycles. The average Bonchev–Trinajstić information content (AvgIpc) is 3.02. The lowest BCUT2D eigenvalue weighted by molar-refractivity contribution is 0.0696. The van der Waals surface area contributed by atoms with E-state index < -0.39 is 12.1 Å². The molecule has 0 unspecified atom stereocenters. The van der Waals surface area contributed by atoms with Crippen LogP contribution in [-0.4, -0.2) is 28.9 Å². The van der Waals surface area contributed by atoms with Crippen LogP contribution in [0, 0.1) is 0 Å². The second-order valence-electron chi connectivity index (χ2n) is 3.63. The molecule has 1 saturated heterocycles. The third-order valence-electron chi connectivity index (χ3n) is 2.43. The van der Waals surface area contributed by atoms with Gasteiger partial charge in [0, 0.05) is 6.42 Å². The summed E-state index contributed by atoms with van der Waals surface area (Å²) in [6, 6.07) is 6.26. The number of ether oxygens (including phenoxy) is 1. The summed E-state index contributed by atoms with van der Waals surface area (Å²) in [5.41, 5.74) is 0.962. The first-order chi connectivity index (χ1) is 7.16. The largest absolute Gasteiger partial charge is 0.478 e. The van der Waals surface area contributed by atoms with Crippen molar-refractivity contribution in [1.29, 1.82) is 0 Å². The van der Waals surface area contributed by atoms with E-state index in [9.17, 15) is 9.90 Å². The highest BCUT2D eigenvalue weighted by Crippen LogP contribution is 2.25. The smallest absolute Gasteiger partial charge is 0.335 e. The van der Waals surface area contributed by atoms with E-state index >= 15 is 0 Å². The fourth-order valence-electron chi connectivity index (χ4n) is 1.44. The first-order valence-electron chi connectivity index (χ1n) is 4.80. The quantitative estimate of drug-likeness (QED) is 0.729. The molecule has 0 spiro atoms. The number of aliphatic hydroxyl groups excluding tert-OH is 1. The third kappa shape index (κ3) is 2.55. The van der Waals surface area contributed by atoms with Gasteiger partial charge in [-0.1, -0.05) is 12.1 Å². The Labute approximate surface area is 87.1 Å². The molecule has 15 heavy (non-hydrogen) atoms. The fourth-order valence-corrected chi connectivity index (χ4v) is 1.44. The van der Waals surface area contributed by atoms with Crippen LogP contribution in [0.3, 0.4) is 0 Å². The van der Waals surface area contributed by atoms with Crippen LogP contribution in [0.25, 0.3) is 0 Å². The van der Waals surface area contributed by atoms with Crippen LogP contribution < -0.4 is 0 Å². The predicted molar refractivity (Wildman–Crippen MR) is 52.7 cm³/mol. The van der Waals surface area contributed by atoms with E-state index in [0.717, 1.165) is 5.56 Å². The van der Waals surface area contributed by atoms with Crippen molar-refractivity contribution in [3.05, 3.63) is 35.4 Å². The van der Waals surface area contributed by atoms with Crippen molar-refractivity contribution >= 4 is 5.97 Å². The maximum atomic E-state index is 10.6. The number of carbonyl (C=O) groups is 1. The van der Waals surface area contributed by atoms with Gasteiger partial charge in [0.2, 0.25) is 0 Å². The summed E-state index contributed by atoms with van der Waals surface area (Å²) >= 11 is 0. The Hall–Kier alpha value is -1.39. The van der Waals surface area contributed by atoms with Crippen LogP contribution in [0.1, 0.15) is 28.4 Å². The SMILES string of the molecule is O=C(O)c1ccc([C@H](O)C[C@H]2CO2)cc1. The van der Waals surface area contributed by atoms with Crippen molar-refractivity contribution in [2.24, 2.45) is 0 Å². The Morgan fingerprint density at radius 3 is 2.53 bits per heavy atom. The minimum absolute atomic E-state index is 0.166. The standard InChI is InChI=1S/C11H12O4/c12-10(5-9-6-15-9)7-1-3-8(4-2-7)11(13)14/h1-4,9-10,12H,5-6H2,(H,13,14)/t9-,10+/m0/s1. The molecule has 2 rings (SSSR count). The lowest BCUT2D eigenvalue weighted by Gasteiger charge is -2.09. The number of carboxylic acid groups (broad SMARTS) is 1. The van der Waals surface area contributed by atoms with Crippen LogP contribution in [0.4, 0.5) is 0 Å². The van der Waals surface area contributed by atoms with Crippen molar-refractivity contribution in [2.45, 2.75) is 18.6 Å². The van der Waals surface area contributed by atoms with Gasteiger partial charge in [-0.25, -0.2) is 4.79 Å². The van der Waals surface area contributed by atoms with Gasteiger partial charge in [-0.3, -0.25) is 0 Å². The summed E-state index contributed by atoms with van der Waals surface area (Å²) in [7, 11) is 0. The highest BCUT2D eigenvalue weighted by Gasteiger charge is 2.26. The van der Waals surface area contributed by atoms with Gasteiger partial charge >= 0.3 is 5.97 Å². The second kappa shape index (κ2) is 4.00. The van der Waals surface area contributed by atoms with Gasteiger partial charge in [-0.15, -0.1) is 0 Å². The molecule has 0 aromatic heterocycles. The zero-order valence-electron chi connectivity index (χ0n) is 8.09. The number of epoxide rings is 1. The molecule has 0 bridgehead atoms. The van der Waals surface area contributed by atoms with Gasteiger partial charge in [-0.2, -0.15) is 0 Å². The molecule has 0 saturated carbocycles. The number of benzene rings is 1. The highest BCUT2D eigenvalue weighted by atomic mass is 16.6. The number of rotatable bonds is 4. The minimum Gasteiger partial charge on any atom is -0.478 e. The number of carboxylic acids is 1. The Morgan fingerprint density at radius 1 is 1.47 bits per heavy atom. The molecule has 2 N–H and O–H groups in total. The number of aromatic carboxylic acids is 1. The molecular formula is C11H12O4. The highest BCUT2D eigenvalue weighted by molar-refractivity contribution is 5.87. The van der Waals surface area contributed by atoms with E-state index in [0.29, 0.717) is 13.0 Å². The van der Waals surface area contributed by atoms with Crippen molar-refractivity contribution < 1.29 is 19.7 Å². The zero-order chi connectivity index (χ0) is 10.8. The topological polar surface area (TPSA) is 70.1 Å². The molecule has 1 aliphatic heterocycles. The molecule has 1 aliphatic rings. The van der Waals surface area contributed by atoms with Crippen LogP contribution >= 0.6 is 0 Å². The van der Waals surface area contributed by atoms with E-state index in [1.807, 2.05) is 0 Å². The Morgan fingerprint density at radius 2 is 2.07 bits per heavy atom. The van der Waals surface area contributed by atoms with Crippen molar-refractivity contribution in [3.63, 3.8) is 0 Å². The fraction of sp³-hybridized carbons (Fsp3) is 0.364. The molecule has 0 radical (unpaired) electrons. The number of hydrogen-bond donors (Lipinski definition) is 2. The molecule has 0 aliphatic carbocycles. The van der Waals surface area contributed by atoms with Crippen molar-refractivity contribution in [2.75, 3.05) is 6.61 Å². The van der Waals surface area contributed by atoms with Crippen LogP contribution in [0.2, 0.25) is 0 Å². The summed E-state index contributed by atoms with van der Waals surface area (Å²) in [6.45, 7) is 0.713. The Bertz CT molecular complexity index is 353. The van der Waals surface area contributed by atoms with Gasteiger partial charge in [0.05, 0.1) is 24.4 Å². The monoisotopic (exact) mass is 208 g/mol. The number of aliphatic hydroxyl groups is 1. The lowest BCUT2D eigenvalue weighted by atomic mass is 10.0. The third-order valence-corrected chi connectivity index (χ3v) is 2.43. The summed E-state index contributed by atoms with van der Waals surface area (Å²) in [5, 5.41) is 18.4. The first kappa shape index (κ1) is 10.1. The van der Waals surface area contributed by atoms with Crippen molar-refractivity contribution in [3.8, 4) is 0 Å². The summed E-state index contributed by atoms with van der Waals surface area (Å²) in [5.74, 6) is -0.957. The first-order valence-corrected chi connectivity index (χ1v) is 4.80. The van der Waals surface area contributed by atoms with E-state index in [2.05, 4.69) is 0 Å². The van der Waals surface area contributed by atoms with Gasteiger partial charge in [0.25, 0.3) is 0 Å². The molecule has 4 heteroatoms. The summed E-state index contributed by atoms with van der Waals surface area (Å²) < 4.78 is 5.01. The average molecular weight is 208 g/mol. The molecule has 2 atom stereocenters. The van der Waals surface area contributed by atoms with Gasteiger partial charge < -0.3 is 14.9 Å². The Balaban J connectivity index is 2.04. The lowest BCUT2D eigenvalue weighted by Crippen LogP contribution is -2.02. The summed E-state index contributed by atoms with van der Waals surface area (Å²) in [4.78, 5) is 10.6. The van der Waals surface area contributed by atoms with Gasteiger partial charge in [0.15, 0.2) is 0 Å². The van der Waals surface area contributed by atoms with Gasteiger partial charge in [0.1, 0.15) is 0 Å². The van der Waals surface area contributed by atoms with E-state index in [1.54, 1.807) is 12.1 Å². The normalized spacial score (nSPS) is 21.0. The molecule has 0 amide bonds. The molecule has 4 nitrogen and oxygen atoms in total. The Kier molecular flexibility index (Phi) is 2.70. The second-order valence-corrected chi connectivity index (χ2v) is 3.63. The molecule has 80 valence electrons. The minimum atomic E-state index is -0.957. The zero-order valence-corrected chi connectivity index (χ0v) is 8.09. The summed E-state index contributed by atoms with van der Waals surface area (Å²) in [6.07, 6.45) is 0.173. The van der Waals surface area contributed by atoms with E-state index in [4.69, 9.17) is 9.84 Å². The van der Waals surface area contributed by atoms with Crippen LogP contribution in [-0.2, 0) is 4.74 Å². The van der Waals surface area contributed by atoms with Crippen LogP contribution in [0.15, 0.2) is 24.3 Å². The molecular weight excluding hydrogens is 196 g/mol. The maximum Gasteiger partial charge on any atom is 0.335 e. The van der Waals surface area contributed by atoms with E-state index in [1.165, 1.54) is 12.1 Å². The maximum absolute atomic E-state index is 10.6.